The lowest BCUT2D eigenvalue weighted by molar-refractivity contribution is -0.360. The number of ether oxygens (including phenoxy) is 10. The van der Waals surface area contributed by atoms with Crippen LogP contribution in [0.25, 0.3) is 0 Å². The average Bonchev–Trinajstić information content (AvgIpc) is 3.68. The van der Waals surface area contributed by atoms with E-state index in [1.165, 1.54) is 0 Å². The standard InChI is InChI=1S/C59H57NO14/c61-48-30-31-49(62)73-55-54(68-35-42-24-12-4-13-25-42)51(67-34-41-22-10-3-11-23-41)46(37-65-32-39-18-6-1-7-19-39)71-59(55)74-52-47(38-66-33-40-20-8-2-9-21-40)70-58(69-36-43-26-14-5-15-27-43)50(53(52)72-48)60-56(63)44-28-16-17-29-45(44)57(60)64/h1-29,46-47,50-55,58-59H,30-38H2/t46-,47-,50-,51-,52-,53-,54+,55-,58+,59-/m1/s1. The summed E-state index contributed by atoms with van der Waals surface area (Å²) in [6, 6.07) is 52.7. The molecule has 4 aliphatic heterocycles. The van der Waals surface area contributed by atoms with E-state index < -0.39 is 97.9 Å². The third-order valence-electron chi connectivity index (χ3n) is 13.3. The van der Waals surface area contributed by atoms with Gasteiger partial charge in [-0.05, 0) is 39.9 Å². The van der Waals surface area contributed by atoms with Gasteiger partial charge in [0, 0.05) is 0 Å². The molecule has 4 heterocycles. The van der Waals surface area contributed by atoms with Gasteiger partial charge in [0.15, 0.2) is 24.8 Å². The zero-order chi connectivity index (χ0) is 50.6. The molecule has 0 unspecified atom stereocenters. The van der Waals surface area contributed by atoms with Gasteiger partial charge in [0.1, 0.15) is 36.6 Å². The van der Waals surface area contributed by atoms with Crippen LogP contribution in [0.15, 0.2) is 176 Å². The molecule has 6 aromatic carbocycles. The highest BCUT2D eigenvalue weighted by atomic mass is 16.8. The highest BCUT2D eigenvalue weighted by molar-refractivity contribution is 6.21. The van der Waals surface area contributed by atoms with Crippen molar-refractivity contribution in [1.29, 1.82) is 0 Å². The van der Waals surface area contributed by atoms with Crippen molar-refractivity contribution in [2.24, 2.45) is 0 Å². The van der Waals surface area contributed by atoms with E-state index in [2.05, 4.69) is 0 Å². The van der Waals surface area contributed by atoms with Crippen molar-refractivity contribution in [2.45, 2.75) is 107 Å². The zero-order valence-corrected chi connectivity index (χ0v) is 40.5. The highest BCUT2D eigenvalue weighted by Gasteiger charge is 2.59. The molecule has 0 radical (unpaired) electrons. The summed E-state index contributed by atoms with van der Waals surface area (Å²) in [5.74, 6) is -2.88. The molecule has 6 aromatic rings. The normalized spacial score (nSPS) is 26.0. The Hall–Kier alpha value is -6.92. The number of nitrogens with zero attached hydrogens (tertiary/aromatic N) is 1. The van der Waals surface area contributed by atoms with Crippen molar-refractivity contribution >= 4 is 23.8 Å². The minimum atomic E-state index is -1.49. The molecular formula is C59H57NO14. The second-order valence-electron chi connectivity index (χ2n) is 18.4. The summed E-state index contributed by atoms with van der Waals surface area (Å²) in [6.45, 7) is 0.390. The summed E-state index contributed by atoms with van der Waals surface area (Å²) in [5, 5.41) is 0. The molecule has 10 atom stereocenters. The minimum absolute atomic E-state index is 0.0133. The second-order valence-corrected chi connectivity index (χ2v) is 18.4. The number of benzene rings is 6. The molecule has 3 fully saturated rings. The van der Waals surface area contributed by atoms with E-state index in [4.69, 9.17) is 47.4 Å². The van der Waals surface area contributed by atoms with Crippen LogP contribution in [-0.2, 0) is 90.0 Å². The first-order valence-corrected chi connectivity index (χ1v) is 24.9. The van der Waals surface area contributed by atoms with Crippen LogP contribution in [0.4, 0.5) is 0 Å². The Kier molecular flexibility index (Phi) is 16.7. The Morgan fingerprint density at radius 3 is 1.30 bits per heavy atom. The Morgan fingerprint density at radius 2 is 0.811 bits per heavy atom. The van der Waals surface area contributed by atoms with Crippen LogP contribution in [0.1, 0.15) is 61.4 Å². The van der Waals surface area contributed by atoms with E-state index in [0.29, 0.717) is 0 Å². The van der Waals surface area contributed by atoms with Gasteiger partial charge in [0.25, 0.3) is 11.8 Å². The first kappa shape index (κ1) is 50.6. The largest absolute Gasteiger partial charge is 0.457 e. The molecule has 0 saturated carbocycles. The molecule has 74 heavy (non-hydrogen) atoms. The van der Waals surface area contributed by atoms with Gasteiger partial charge >= 0.3 is 11.9 Å². The predicted octanol–water partition coefficient (Wildman–Crippen LogP) is 7.92. The zero-order valence-electron chi connectivity index (χ0n) is 40.5. The number of carbonyl (C=O) groups excluding carboxylic acids is 4. The third-order valence-corrected chi connectivity index (χ3v) is 13.3. The van der Waals surface area contributed by atoms with Crippen LogP contribution in [0.2, 0.25) is 0 Å². The van der Waals surface area contributed by atoms with Crippen LogP contribution in [0, 0.1) is 0 Å². The SMILES string of the molecule is O=C1CCC(=O)O[C@H]2[C@H](O[C@H]3O[C@H](COCc4ccccc4)[C@@H](OCc4ccccc4)[C@H](OCc4ccccc4)[C@H]3O1)[C@@H](COCc1ccccc1)O[C@H](OCc1ccccc1)[C@@H]2N1C(=O)c2ccccc2C1=O. The van der Waals surface area contributed by atoms with Crippen molar-refractivity contribution in [3.05, 3.63) is 215 Å². The Labute approximate surface area is 429 Å². The third kappa shape index (κ3) is 12.2. The topological polar surface area (TPSA) is 164 Å². The van der Waals surface area contributed by atoms with E-state index in [1.54, 1.807) is 24.3 Å². The quantitative estimate of drug-likeness (QED) is 0.0603. The Balaban J connectivity index is 1.06. The van der Waals surface area contributed by atoms with Gasteiger partial charge in [0.05, 0.1) is 70.2 Å². The van der Waals surface area contributed by atoms with Crippen LogP contribution in [0.5, 0.6) is 0 Å². The van der Waals surface area contributed by atoms with E-state index in [0.717, 1.165) is 32.7 Å². The van der Waals surface area contributed by atoms with Crippen LogP contribution in [0.3, 0.4) is 0 Å². The molecule has 0 bridgehead atoms. The average molecular weight is 1000 g/mol. The van der Waals surface area contributed by atoms with Gasteiger partial charge in [-0.2, -0.15) is 0 Å². The summed E-state index contributed by atoms with van der Waals surface area (Å²) < 4.78 is 66.8. The molecule has 0 aromatic heterocycles. The maximum atomic E-state index is 14.6. The lowest BCUT2D eigenvalue weighted by Crippen LogP contribution is -2.69. The summed E-state index contributed by atoms with van der Waals surface area (Å²) in [7, 11) is 0. The molecule has 0 spiro atoms. The summed E-state index contributed by atoms with van der Waals surface area (Å²) in [6.07, 6.45) is -12.0. The maximum absolute atomic E-state index is 14.6. The van der Waals surface area contributed by atoms with Crippen molar-refractivity contribution in [2.75, 3.05) is 13.2 Å². The van der Waals surface area contributed by atoms with Crippen LogP contribution >= 0.6 is 0 Å². The van der Waals surface area contributed by atoms with Crippen molar-refractivity contribution in [3.8, 4) is 0 Å². The van der Waals surface area contributed by atoms with Crippen molar-refractivity contribution < 1.29 is 66.5 Å². The fourth-order valence-corrected chi connectivity index (χ4v) is 9.65. The van der Waals surface area contributed by atoms with Gasteiger partial charge in [-0.25, -0.2) is 0 Å². The fraction of sp³-hybridized carbons (Fsp3) is 0.322. The molecule has 382 valence electrons. The number of hydrogen-bond acceptors (Lipinski definition) is 14. The molecule has 15 nitrogen and oxygen atoms in total. The van der Waals surface area contributed by atoms with Crippen molar-refractivity contribution in [1.82, 2.24) is 4.90 Å². The van der Waals surface area contributed by atoms with E-state index in [-0.39, 0.29) is 57.4 Å². The molecule has 15 heteroatoms. The molecule has 0 aliphatic carbocycles. The van der Waals surface area contributed by atoms with Gasteiger partial charge in [-0.1, -0.05) is 164 Å². The number of rotatable bonds is 18. The predicted molar refractivity (Wildman–Crippen MR) is 265 cm³/mol. The number of imide groups is 1. The van der Waals surface area contributed by atoms with Crippen LogP contribution < -0.4 is 0 Å². The second kappa shape index (κ2) is 24.4. The maximum Gasteiger partial charge on any atom is 0.306 e. The van der Waals surface area contributed by atoms with E-state index >= 15 is 0 Å². The van der Waals surface area contributed by atoms with Crippen molar-refractivity contribution in [3.63, 3.8) is 0 Å². The summed E-state index contributed by atoms with van der Waals surface area (Å²) >= 11 is 0. The molecule has 10 rings (SSSR count). The van der Waals surface area contributed by atoms with Gasteiger partial charge in [-0.15, -0.1) is 0 Å². The highest BCUT2D eigenvalue weighted by Crippen LogP contribution is 2.40. The van der Waals surface area contributed by atoms with Crippen LogP contribution in [-0.4, -0.2) is 103 Å². The van der Waals surface area contributed by atoms with Gasteiger partial charge in [0.2, 0.25) is 0 Å². The molecule has 4 aliphatic rings. The fourth-order valence-electron chi connectivity index (χ4n) is 9.65. The Bertz CT molecular complexity index is 2750. The summed E-state index contributed by atoms with van der Waals surface area (Å²) in [4.78, 5) is 58.7. The first-order chi connectivity index (χ1) is 36.4. The number of esters is 2. The molecular weight excluding hydrogens is 947 g/mol. The van der Waals surface area contributed by atoms with Gasteiger partial charge < -0.3 is 47.4 Å². The van der Waals surface area contributed by atoms with E-state index in [1.807, 2.05) is 152 Å². The minimum Gasteiger partial charge on any atom is -0.457 e. The number of fused-ring (bicyclic) bond motifs is 3. The molecule has 3 saturated heterocycles. The smallest absolute Gasteiger partial charge is 0.306 e. The summed E-state index contributed by atoms with van der Waals surface area (Å²) in [5.41, 5.74) is 4.57. The molecule has 0 N–H and O–H groups in total. The first-order valence-electron chi connectivity index (χ1n) is 24.9. The Morgan fingerprint density at radius 1 is 0.405 bits per heavy atom. The van der Waals surface area contributed by atoms with E-state index in [9.17, 15) is 19.2 Å². The lowest BCUT2D eigenvalue weighted by atomic mass is 9.93. The number of amides is 2. The number of carbonyl (C=O) groups is 4. The monoisotopic (exact) mass is 1000 g/mol. The number of hydrogen-bond donors (Lipinski definition) is 0. The molecule has 2 amide bonds. The lowest BCUT2D eigenvalue weighted by Gasteiger charge is -2.50. The van der Waals surface area contributed by atoms with Gasteiger partial charge in [-0.3, -0.25) is 24.1 Å².